The van der Waals surface area contributed by atoms with E-state index in [1.54, 1.807) is 0 Å². The second-order valence-electron chi connectivity index (χ2n) is 8.33. The Morgan fingerprint density at radius 2 is 2.00 bits per heavy atom. The predicted octanol–water partition coefficient (Wildman–Crippen LogP) is 3.70. The maximum atomic E-state index is 14.1. The Bertz CT molecular complexity index is 822. The molecule has 2 saturated carbocycles. The number of benzene rings is 1. The maximum Gasteiger partial charge on any atom is 0.135 e. The SMILES string of the molecule is CC1(C)[C@H]2CC[C@]1([C@@H]1CNCCO1)C(=N)/C2=C\C(=N)c1c(F)cccc1F. The lowest BCUT2D eigenvalue weighted by Gasteiger charge is -2.45. The van der Waals surface area contributed by atoms with E-state index in [-0.39, 0.29) is 28.7 Å². The number of allylic oxidation sites excluding steroid dienone is 2. The van der Waals surface area contributed by atoms with Crippen molar-refractivity contribution in [1.82, 2.24) is 5.32 Å². The molecule has 4 rings (SSSR count). The summed E-state index contributed by atoms with van der Waals surface area (Å²) in [4.78, 5) is 0. The molecule has 0 radical (unpaired) electrons. The van der Waals surface area contributed by atoms with Gasteiger partial charge in [0, 0.05) is 24.2 Å². The van der Waals surface area contributed by atoms with Crippen LogP contribution in [0.15, 0.2) is 29.8 Å². The summed E-state index contributed by atoms with van der Waals surface area (Å²) in [6, 6.07) is 3.61. The normalized spacial score (nSPS) is 33.6. The molecule has 1 aliphatic heterocycles. The van der Waals surface area contributed by atoms with Crippen LogP contribution < -0.4 is 5.32 Å². The van der Waals surface area contributed by atoms with Gasteiger partial charge in [-0.05, 0) is 48.0 Å². The van der Waals surface area contributed by atoms with Crippen molar-refractivity contribution in [3.63, 3.8) is 0 Å². The van der Waals surface area contributed by atoms with E-state index in [0.717, 1.165) is 37.1 Å². The molecule has 2 bridgehead atoms. The Hall–Kier alpha value is -1.92. The second kappa shape index (κ2) is 6.31. The van der Waals surface area contributed by atoms with E-state index in [9.17, 15) is 8.78 Å². The van der Waals surface area contributed by atoms with E-state index < -0.39 is 17.0 Å². The minimum atomic E-state index is -0.750. The van der Waals surface area contributed by atoms with Crippen LogP contribution in [0.2, 0.25) is 0 Å². The molecule has 4 nitrogen and oxygen atoms in total. The van der Waals surface area contributed by atoms with Crippen LogP contribution in [0, 0.1) is 39.2 Å². The summed E-state index contributed by atoms with van der Waals surface area (Å²) >= 11 is 0. The molecule has 144 valence electrons. The number of nitrogens with one attached hydrogen (secondary N) is 3. The van der Waals surface area contributed by atoms with Gasteiger partial charge in [0.25, 0.3) is 0 Å². The van der Waals surface area contributed by atoms with Gasteiger partial charge in [-0.15, -0.1) is 0 Å². The number of morpholine rings is 1. The highest BCUT2D eigenvalue weighted by Gasteiger charge is 2.67. The minimum Gasteiger partial charge on any atom is -0.375 e. The molecule has 3 atom stereocenters. The average molecular weight is 373 g/mol. The summed E-state index contributed by atoms with van der Waals surface area (Å²) in [6.45, 7) is 6.45. The van der Waals surface area contributed by atoms with Gasteiger partial charge >= 0.3 is 0 Å². The topological polar surface area (TPSA) is 69.0 Å². The van der Waals surface area contributed by atoms with E-state index >= 15 is 0 Å². The van der Waals surface area contributed by atoms with Crippen molar-refractivity contribution in [3.05, 3.63) is 47.0 Å². The number of halogens is 2. The van der Waals surface area contributed by atoms with Crippen LogP contribution >= 0.6 is 0 Å². The van der Waals surface area contributed by atoms with Crippen molar-refractivity contribution in [3.8, 4) is 0 Å². The van der Waals surface area contributed by atoms with Crippen molar-refractivity contribution in [2.45, 2.75) is 32.8 Å². The predicted molar refractivity (Wildman–Crippen MR) is 101 cm³/mol. The Morgan fingerprint density at radius 3 is 2.63 bits per heavy atom. The highest BCUT2D eigenvalue weighted by molar-refractivity contribution is 6.15. The molecule has 3 fully saturated rings. The quantitative estimate of drug-likeness (QED) is 0.707. The number of fused-ring (bicyclic) bond motifs is 2. The molecule has 1 heterocycles. The summed E-state index contributed by atoms with van der Waals surface area (Å²) in [6.07, 6.45) is 3.18. The van der Waals surface area contributed by atoms with Gasteiger partial charge in [0.2, 0.25) is 0 Å². The molecule has 6 heteroatoms. The molecule has 0 amide bonds. The van der Waals surface area contributed by atoms with Gasteiger partial charge in [-0.3, -0.25) is 0 Å². The third-order valence-electron chi connectivity index (χ3n) is 6.97. The molecule has 0 spiro atoms. The zero-order chi connectivity index (χ0) is 19.4. The second-order valence-corrected chi connectivity index (χ2v) is 8.33. The number of ether oxygens (including phenoxy) is 1. The van der Waals surface area contributed by atoms with Crippen molar-refractivity contribution < 1.29 is 13.5 Å². The van der Waals surface area contributed by atoms with Crippen molar-refractivity contribution in [2.75, 3.05) is 19.7 Å². The summed E-state index contributed by atoms with van der Waals surface area (Å²) < 4.78 is 34.2. The lowest BCUT2D eigenvalue weighted by atomic mass is 9.64. The monoisotopic (exact) mass is 373 g/mol. The average Bonchev–Trinajstić information content (AvgIpc) is 2.98. The first-order valence-electron chi connectivity index (χ1n) is 9.47. The van der Waals surface area contributed by atoms with Crippen LogP contribution in [0.4, 0.5) is 8.78 Å². The van der Waals surface area contributed by atoms with E-state index in [1.165, 1.54) is 12.1 Å². The summed E-state index contributed by atoms with van der Waals surface area (Å²) in [5, 5.41) is 20.6. The summed E-state index contributed by atoms with van der Waals surface area (Å²) in [5.74, 6) is -1.41. The first-order valence-corrected chi connectivity index (χ1v) is 9.47. The highest BCUT2D eigenvalue weighted by atomic mass is 19.1. The molecular formula is C21H25F2N3O. The van der Waals surface area contributed by atoms with Crippen LogP contribution in [-0.2, 0) is 4.74 Å². The number of rotatable bonds is 3. The smallest absolute Gasteiger partial charge is 0.135 e. The molecule has 27 heavy (non-hydrogen) atoms. The third-order valence-corrected chi connectivity index (χ3v) is 6.97. The maximum absolute atomic E-state index is 14.1. The Kier molecular flexibility index (Phi) is 4.31. The molecule has 3 N–H and O–H groups in total. The van der Waals surface area contributed by atoms with E-state index in [4.69, 9.17) is 15.6 Å². The molecule has 1 saturated heterocycles. The number of hydrogen-bond acceptors (Lipinski definition) is 4. The van der Waals surface area contributed by atoms with Crippen molar-refractivity contribution in [2.24, 2.45) is 16.7 Å². The standard InChI is InChI=1S/C21H25F2N3O/c1-20(2)13-6-7-21(20,17-11-26-8-9-27-17)19(25)12(13)10-16(24)18-14(22)4-3-5-15(18)23/h3-5,10,13,17,24-26H,6-9,11H2,1-2H3/b12-10-,24-16?,25-19?/t13-,17-,21-/m0/s1. The third kappa shape index (κ3) is 2.46. The summed E-state index contributed by atoms with van der Waals surface area (Å²) in [7, 11) is 0. The minimum absolute atomic E-state index is 0.0886. The first-order chi connectivity index (χ1) is 12.8. The van der Waals surface area contributed by atoms with Crippen LogP contribution in [0.3, 0.4) is 0 Å². The Balaban J connectivity index is 1.74. The Morgan fingerprint density at radius 1 is 1.30 bits per heavy atom. The largest absolute Gasteiger partial charge is 0.375 e. The molecule has 0 unspecified atom stereocenters. The van der Waals surface area contributed by atoms with Crippen LogP contribution in [0.25, 0.3) is 0 Å². The number of hydrogen-bond donors (Lipinski definition) is 3. The van der Waals surface area contributed by atoms with Crippen molar-refractivity contribution in [1.29, 1.82) is 10.8 Å². The van der Waals surface area contributed by atoms with Gasteiger partial charge in [-0.2, -0.15) is 0 Å². The van der Waals surface area contributed by atoms with Gasteiger partial charge in [-0.25, -0.2) is 8.78 Å². The molecule has 1 aromatic carbocycles. The highest BCUT2D eigenvalue weighted by Crippen LogP contribution is 2.67. The fourth-order valence-electron chi connectivity index (χ4n) is 5.56. The zero-order valence-electron chi connectivity index (χ0n) is 15.7. The van der Waals surface area contributed by atoms with Gasteiger partial charge in [-0.1, -0.05) is 19.9 Å². The Labute approximate surface area is 158 Å². The first kappa shape index (κ1) is 18.4. The molecule has 3 aliphatic rings. The molecular weight excluding hydrogens is 348 g/mol. The van der Waals surface area contributed by atoms with Crippen molar-refractivity contribution >= 4 is 11.4 Å². The van der Waals surface area contributed by atoms with E-state index in [0.29, 0.717) is 18.9 Å². The van der Waals surface area contributed by atoms with E-state index in [1.807, 2.05) is 0 Å². The fraction of sp³-hybridized carbons (Fsp3) is 0.524. The summed E-state index contributed by atoms with van der Waals surface area (Å²) in [5.41, 5.74) is 0.0279. The molecule has 2 aliphatic carbocycles. The van der Waals surface area contributed by atoms with Crippen LogP contribution in [0.5, 0.6) is 0 Å². The van der Waals surface area contributed by atoms with Gasteiger partial charge in [0.1, 0.15) is 11.6 Å². The van der Waals surface area contributed by atoms with Crippen LogP contribution in [0.1, 0.15) is 32.3 Å². The zero-order valence-corrected chi connectivity index (χ0v) is 15.7. The van der Waals surface area contributed by atoms with E-state index in [2.05, 4.69) is 19.2 Å². The lowest BCUT2D eigenvalue weighted by molar-refractivity contribution is -0.0621. The van der Waals surface area contributed by atoms with Crippen LogP contribution in [-0.4, -0.2) is 37.2 Å². The fourth-order valence-corrected chi connectivity index (χ4v) is 5.56. The molecule has 1 aromatic rings. The van der Waals surface area contributed by atoms with Gasteiger partial charge < -0.3 is 20.9 Å². The molecule has 0 aromatic heterocycles. The van der Waals surface area contributed by atoms with Gasteiger partial charge in [0.05, 0.1) is 24.0 Å². The van der Waals surface area contributed by atoms with Gasteiger partial charge in [0.15, 0.2) is 0 Å². The lowest BCUT2D eigenvalue weighted by Crippen LogP contribution is -2.54.